The van der Waals surface area contributed by atoms with Crippen LogP contribution in [0.2, 0.25) is 0 Å². The second kappa shape index (κ2) is 9.36. The maximum atomic E-state index is 13.6. The third-order valence-corrected chi connectivity index (χ3v) is 8.04. The molecule has 1 saturated carbocycles. The second-order valence-corrected chi connectivity index (χ2v) is 10.1. The number of benzene rings is 2. The summed E-state index contributed by atoms with van der Waals surface area (Å²) < 4.78 is 5.74. The number of carboxylic acid groups (broad SMARTS) is 1. The van der Waals surface area contributed by atoms with E-state index in [2.05, 4.69) is 29.6 Å². The van der Waals surface area contributed by atoms with E-state index in [1.54, 1.807) is 4.90 Å². The average Bonchev–Trinajstić information content (AvgIpc) is 3.46. The minimum Gasteiger partial charge on any atom is -0.481 e. The quantitative estimate of drug-likeness (QED) is 0.660. The number of ether oxygens (including phenoxy) is 1. The molecule has 35 heavy (non-hydrogen) atoms. The molecule has 2 aliphatic carbocycles. The smallest absolute Gasteiger partial charge is 0.408 e. The lowest BCUT2D eigenvalue weighted by Crippen LogP contribution is -2.61. The molecular formula is C28H32N2O5. The van der Waals surface area contributed by atoms with E-state index in [9.17, 15) is 19.5 Å². The standard InChI is InChI=1S/C28H32N2O5/c1-18-16-19(25(31)32)12-15-30(18)26(33)28(13-6-7-14-28)29-27(34)35-17-24-22-10-4-2-8-20(22)21-9-3-5-11-23(21)24/h2-5,8-11,18-19,24H,6-7,12-17H2,1H3,(H,29,34)(H,31,32)/t18-,19-/m0/s1. The van der Waals surface area contributed by atoms with Crippen LogP contribution in [-0.4, -0.2) is 52.7 Å². The molecule has 3 aliphatic rings. The van der Waals surface area contributed by atoms with Gasteiger partial charge in [-0.3, -0.25) is 9.59 Å². The van der Waals surface area contributed by atoms with Gasteiger partial charge < -0.3 is 20.1 Å². The first-order valence-electron chi connectivity index (χ1n) is 12.6. The zero-order valence-electron chi connectivity index (χ0n) is 20.0. The number of carboxylic acids is 1. The molecule has 7 nitrogen and oxygen atoms in total. The molecular weight excluding hydrogens is 444 g/mol. The Morgan fingerprint density at radius 1 is 1.03 bits per heavy atom. The Morgan fingerprint density at radius 3 is 2.20 bits per heavy atom. The number of amides is 2. The van der Waals surface area contributed by atoms with E-state index in [1.165, 1.54) is 11.1 Å². The van der Waals surface area contributed by atoms with Crippen molar-refractivity contribution in [2.45, 2.75) is 62.9 Å². The number of likely N-dealkylation sites (tertiary alicyclic amines) is 1. The molecule has 0 radical (unpaired) electrons. The Labute approximate surface area is 205 Å². The van der Waals surface area contributed by atoms with Crippen molar-refractivity contribution in [2.24, 2.45) is 5.92 Å². The van der Waals surface area contributed by atoms with E-state index in [-0.39, 0.29) is 24.5 Å². The number of alkyl carbamates (subject to hydrolysis) is 1. The third kappa shape index (κ3) is 4.28. The van der Waals surface area contributed by atoms with Crippen LogP contribution in [0.4, 0.5) is 4.79 Å². The van der Waals surface area contributed by atoms with E-state index in [0.29, 0.717) is 32.2 Å². The molecule has 0 unspecified atom stereocenters. The van der Waals surface area contributed by atoms with E-state index >= 15 is 0 Å². The van der Waals surface area contributed by atoms with Crippen molar-refractivity contribution in [1.82, 2.24) is 10.2 Å². The molecule has 1 heterocycles. The Balaban J connectivity index is 1.27. The highest BCUT2D eigenvalue weighted by atomic mass is 16.5. The van der Waals surface area contributed by atoms with Crippen molar-refractivity contribution in [2.75, 3.05) is 13.2 Å². The Morgan fingerprint density at radius 2 is 1.63 bits per heavy atom. The summed E-state index contributed by atoms with van der Waals surface area (Å²) in [5, 5.41) is 12.3. The average molecular weight is 477 g/mol. The van der Waals surface area contributed by atoms with Crippen molar-refractivity contribution in [3.63, 3.8) is 0 Å². The third-order valence-electron chi connectivity index (χ3n) is 8.04. The number of carbonyl (C=O) groups excluding carboxylic acids is 2. The van der Waals surface area contributed by atoms with Gasteiger partial charge in [0.05, 0.1) is 5.92 Å². The normalized spacial score (nSPS) is 22.8. The first kappa shape index (κ1) is 23.4. The highest BCUT2D eigenvalue weighted by Gasteiger charge is 2.47. The summed E-state index contributed by atoms with van der Waals surface area (Å²) in [7, 11) is 0. The topological polar surface area (TPSA) is 95.9 Å². The van der Waals surface area contributed by atoms with Crippen molar-refractivity contribution >= 4 is 18.0 Å². The van der Waals surface area contributed by atoms with Gasteiger partial charge in [-0.05, 0) is 54.9 Å². The van der Waals surface area contributed by atoms with Crippen molar-refractivity contribution in [3.8, 4) is 11.1 Å². The van der Waals surface area contributed by atoms with Crippen LogP contribution in [0, 0.1) is 5.92 Å². The molecule has 0 spiro atoms. The van der Waals surface area contributed by atoms with Gasteiger partial charge in [0.2, 0.25) is 5.91 Å². The van der Waals surface area contributed by atoms with Crippen molar-refractivity contribution < 1.29 is 24.2 Å². The number of fused-ring (bicyclic) bond motifs is 3. The molecule has 1 aliphatic heterocycles. The number of carbonyl (C=O) groups is 3. The molecule has 2 atom stereocenters. The van der Waals surface area contributed by atoms with Crippen molar-refractivity contribution in [1.29, 1.82) is 0 Å². The highest BCUT2D eigenvalue weighted by molar-refractivity contribution is 5.91. The predicted octanol–water partition coefficient (Wildman–Crippen LogP) is 4.55. The lowest BCUT2D eigenvalue weighted by atomic mass is 9.88. The van der Waals surface area contributed by atoms with Gasteiger partial charge in [-0.25, -0.2) is 4.79 Å². The van der Waals surface area contributed by atoms with Gasteiger partial charge in [0, 0.05) is 18.5 Å². The summed E-state index contributed by atoms with van der Waals surface area (Å²) in [6, 6.07) is 16.2. The summed E-state index contributed by atoms with van der Waals surface area (Å²) >= 11 is 0. The fourth-order valence-electron chi connectivity index (χ4n) is 6.17. The maximum absolute atomic E-state index is 13.6. The summed E-state index contributed by atoms with van der Waals surface area (Å²) in [5.74, 6) is -1.39. The Kier molecular flexibility index (Phi) is 6.26. The zero-order valence-corrected chi connectivity index (χ0v) is 20.0. The highest BCUT2D eigenvalue weighted by Crippen LogP contribution is 2.44. The van der Waals surface area contributed by atoms with Gasteiger partial charge in [-0.15, -0.1) is 0 Å². The van der Waals surface area contributed by atoms with Gasteiger partial charge in [0.15, 0.2) is 0 Å². The van der Waals surface area contributed by atoms with Gasteiger partial charge in [-0.1, -0.05) is 61.4 Å². The van der Waals surface area contributed by atoms with Crippen molar-refractivity contribution in [3.05, 3.63) is 59.7 Å². The second-order valence-electron chi connectivity index (χ2n) is 10.1. The van der Waals surface area contributed by atoms with Gasteiger partial charge in [-0.2, -0.15) is 0 Å². The number of hydrogen-bond donors (Lipinski definition) is 2. The van der Waals surface area contributed by atoms with E-state index in [1.807, 2.05) is 31.2 Å². The van der Waals surface area contributed by atoms with Crippen LogP contribution in [0.5, 0.6) is 0 Å². The van der Waals surface area contributed by atoms with Crippen LogP contribution >= 0.6 is 0 Å². The largest absolute Gasteiger partial charge is 0.481 e. The predicted molar refractivity (Wildman–Crippen MR) is 131 cm³/mol. The molecule has 184 valence electrons. The fraction of sp³-hybridized carbons (Fsp3) is 0.464. The van der Waals surface area contributed by atoms with Crippen LogP contribution < -0.4 is 5.32 Å². The fourth-order valence-corrected chi connectivity index (χ4v) is 6.17. The maximum Gasteiger partial charge on any atom is 0.408 e. The van der Waals surface area contributed by atoms with E-state index < -0.39 is 23.5 Å². The number of rotatable bonds is 5. The van der Waals surface area contributed by atoms with Crippen LogP contribution in [0.25, 0.3) is 11.1 Å². The molecule has 2 fully saturated rings. The first-order chi connectivity index (χ1) is 16.9. The number of nitrogens with one attached hydrogen (secondary N) is 1. The number of aliphatic carboxylic acids is 1. The summed E-state index contributed by atoms with van der Waals surface area (Å²) in [5.41, 5.74) is 3.63. The molecule has 2 amide bonds. The number of nitrogens with zero attached hydrogens (tertiary/aromatic N) is 1. The molecule has 1 saturated heterocycles. The number of piperidine rings is 1. The summed E-state index contributed by atoms with van der Waals surface area (Å²) in [4.78, 5) is 39.8. The monoisotopic (exact) mass is 476 g/mol. The molecule has 5 rings (SSSR count). The molecule has 0 aromatic heterocycles. The van der Waals surface area contributed by atoms with Crippen LogP contribution in [-0.2, 0) is 14.3 Å². The summed E-state index contributed by atoms with van der Waals surface area (Å²) in [6.07, 6.45) is 3.15. The Hall–Kier alpha value is -3.35. The van der Waals surface area contributed by atoms with Gasteiger partial charge in [0.1, 0.15) is 12.1 Å². The van der Waals surface area contributed by atoms with E-state index in [4.69, 9.17) is 4.74 Å². The Bertz CT molecular complexity index is 1090. The molecule has 2 N–H and O–H groups in total. The molecule has 0 bridgehead atoms. The van der Waals surface area contributed by atoms with Crippen LogP contribution in [0.15, 0.2) is 48.5 Å². The summed E-state index contributed by atoms with van der Waals surface area (Å²) in [6.45, 7) is 2.48. The minimum atomic E-state index is -0.979. The van der Waals surface area contributed by atoms with Gasteiger partial charge >= 0.3 is 12.1 Å². The number of hydrogen-bond acceptors (Lipinski definition) is 4. The SMILES string of the molecule is C[C@H]1C[C@@H](C(=O)O)CCN1C(=O)C1(NC(=O)OCC2c3ccccc3-c3ccccc32)CCCC1. The lowest BCUT2D eigenvalue weighted by molar-refractivity contribution is -0.150. The minimum absolute atomic E-state index is 0.0431. The van der Waals surface area contributed by atoms with E-state index in [0.717, 1.165) is 24.0 Å². The lowest BCUT2D eigenvalue weighted by Gasteiger charge is -2.41. The molecule has 7 heteroatoms. The van der Waals surface area contributed by atoms with Crippen LogP contribution in [0.1, 0.15) is 62.5 Å². The van der Waals surface area contributed by atoms with Gasteiger partial charge in [0.25, 0.3) is 0 Å². The zero-order chi connectivity index (χ0) is 24.6. The molecule has 2 aromatic rings. The van der Waals surface area contributed by atoms with Crippen LogP contribution in [0.3, 0.4) is 0 Å². The molecule has 2 aromatic carbocycles. The first-order valence-corrected chi connectivity index (χ1v) is 12.6.